The summed E-state index contributed by atoms with van der Waals surface area (Å²) >= 11 is 16.5. The van der Waals surface area contributed by atoms with E-state index in [0.29, 0.717) is 16.0 Å². The van der Waals surface area contributed by atoms with Gasteiger partial charge in [0, 0.05) is 25.7 Å². The summed E-state index contributed by atoms with van der Waals surface area (Å²) in [6.45, 7) is 0. The smallest absolute Gasteiger partial charge is 0.226 e. The normalized spacial score (nSPS) is 18.8. The zero-order chi connectivity index (χ0) is 21.8. The number of ether oxygens (including phenoxy) is 1. The molecule has 2 atom stereocenters. The number of para-hydroxylation sites is 1. The molecular formula is C24H15BrCl2N4O. The molecule has 3 aromatic carbocycles. The van der Waals surface area contributed by atoms with Crippen LogP contribution in [0, 0.1) is 0 Å². The lowest BCUT2D eigenvalue weighted by Crippen LogP contribution is -2.32. The summed E-state index contributed by atoms with van der Waals surface area (Å²) in [5.41, 5.74) is 4.82. The molecule has 5 nitrogen and oxygen atoms in total. The van der Waals surface area contributed by atoms with E-state index in [1.54, 1.807) is 12.4 Å². The van der Waals surface area contributed by atoms with Crippen molar-refractivity contribution >= 4 is 50.8 Å². The quantitative estimate of drug-likeness (QED) is 0.309. The van der Waals surface area contributed by atoms with Crippen LogP contribution in [0.2, 0.25) is 10.0 Å². The maximum atomic E-state index is 6.71. The second-order valence-electron chi connectivity index (χ2n) is 7.60. The Bertz CT molecular complexity index is 1400. The highest BCUT2D eigenvalue weighted by Gasteiger charge is 2.41. The zero-order valence-electron chi connectivity index (χ0n) is 16.5. The molecule has 1 N–H and O–H groups in total. The van der Waals surface area contributed by atoms with Gasteiger partial charge in [0.2, 0.25) is 5.95 Å². The third-order valence-corrected chi connectivity index (χ3v) is 6.79. The lowest BCUT2D eigenvalue weighted by molar-refractivity contribution is 0.223. The standard InChI is InChI=1S/C24H15BrCl2N4O/c25-14-5-3-4-13(10-14)23-20-21(17-6-1-2-7-19(17)32-23)30-24-28-12-29-31(24)22(20)16-9-8-15(26)11-18(16)27/h1-12,22-23H,(H,28,29,30)/t22-,23+/m0/s1. The summed E-state index contributed by atoms with van der Waals surface area (Å²) in [5, 5.41) is 9.15. The third kappa shape index (κ3) is 3.13. The molecule has 0 aliphatic carbocycles. The summed E-state index contributed by atoms with van der Waals surface area (Å²) < 4.78 is 9.42. The largest absolute Gasteiger partial charge is 0.480 e. The van der Waals surface area contributed by atoms with Crippen LogP contribution in [0.15, 0.2) is 83.1 Å². The molecular weight excluding hydrogens is 511 g/mol. The van der Waals surface area contributed by atoms with Crippen molar-refractivity contribution in [2.24, 2.45) is 0 Å². The number of fused-ring (bicyclic) bond motifs is 3. The Balaban J connectivity index is 1.65. The van der Waals surface area contributed by atoms with Crippen LogP contribution in [0.25, 0.3) is 5.70 Å². The van der Waals surface area contributed by atoms with Gasteiger partial charge in [0.05, 0.1) is 5.70 Å². The van der Waals surface area contributed by atoms with Crippen LogP contribution in [0.4, 0.5) is 5.95 Å². The molecule has 6 rings (SSSR count). The van der Waals surface area contributed by atoms with E-state index in [4.69, 9.17) is 27.9 Å². The van der Waals surface area contributed by atoms with E-state index >= 15 is 0 Å². The molecule has 158 valence electrons. The summed E-state index contributed by atoms with van der Waals surface area (Å²) in [5.74, 6) is 1.45. The second-order valence-corrected chi connectivity index (χ2v) is 9.36. The van der Waals surface area contributed by atoms with Gasteiger partial charge in [0.15, 0.2) is 0 Å². The van der Waals surface area contributed by atoms with Gasteiger partial charge < -0.3 is 10.1 Å². The molecule has 0 saturated heterocycles. The van der Waals surface area contributed by atoms with Gasteiger partial charge in [-0.05, 0) is 47.5 Å². The minimum Gasteiger partial charge on any atom is -0.480 e. The molecule has 0 amide bonds. The monoisotopic (exact) mass is 524 g/mol. The van der Waals surface area contributed by atoms with Crippen molar-refractivity contribution in [3.05, 3.63) is 110 Å². The lowest BCUT2D eigenvalue weighted by Gasteiger charge is -2.39. The summed E-state index contributed by atoms with van der Waals surface area (Å²) in [4.78, 5) is 4.44. The predicted octanol–water partition coefficient (Wildman–Crippen LogP) is 6.91. The number of benzene rings is 3. The van der Waals surface area contributed by atoms with Gasteiger partial charge in [-0.15, -0.1) is 0 Å². The van der Waals surface area contributed by atoms with E-state index in [2.05, 4.69) is 43.5 Å². The molecule has 0 fully saturated rings. The summed E-state index contributed by atoms with van der Waals surface area (Å²) in [7, 11) is 0. The fourth-order valence-electron chi connectivity index (χ4n) is 4.38. The van der Waals surface area contributed by atoms with Crippen molar-refractivity contribution in [2.75, 3.05) is 5.32 Å². The van der Waals surface area contributed by atoms with Crippen molar-refractivity contribution in [1.29, 1.82) is 0 Å². The number of aromatic nitrogens is 3. The van der Waals surface area contributed by atoms with E-state index < -0.39 is 0 Å². The average Bonchev–Trinajstić information content (AvgIpc) is 3.26. The van der Waals surface area contributed by atoms with Crippen molar-refractivity contribution in [1.82, 2.24) is 14.8 Å². The van der Waals surface area contributed by atoms with Crippen LogP contribution in [0.5, 0.6) is 5.75 Å². The van der Waals surface area contributed by atoms with Crippen LogP contribution in [0.1, 0.15) is 28.8 Å². The zero-order valence-corrected chi connectivity index (χ0v) is 19.6. The SMILES string of the molecule is Clc1ccc([C@H]2C3=C(Nc4ncnn42)c2ccccc2O[C@@H]3c2cccc(Br)c2)c(Cl)c1. The van der Waals surface area contributed by atoms with Gasteiger partial charge in [-0.2, -0.15) is 10.1 Å². The van der Waals surface area contributed by atoms with E-state index in [-0.39, 0.29) is 12.1 Å². The van der Waals surface area contributed by atoms with Crippen molar-refractivity contribution in [2.45, 2.75) is 12.1 Å². The number of rotatable bonds is 2. The first-order valence-corrected chi connectivity index (χ1v) is 11.5. The Morgan fingerprint density at radius 3 is 2.72 bits per heavy atom. The first kappa shape index (κ1) is 19.9. The Kier molecular flexibility index (Phi) is 4.75. The van der Waals surface area contributed by atoms with E-state index in [9.17, 15) is 0 Å². The Hall–Kier alpha value is -2.80. The minimum atomic E-state index is -0.362. The van der Waals surface area contributed by atoms with Crippen LogP contribution >= 0.6 is 39.1 Å². The number of hydrogen-bond donors (Lipinski definition) is 1. The van der Waals surface area contributed by atoms with Crippen molar-refractivity contribution in [3.63, 3.8) is 0 Å². The number of halogens is 3. The van der Waals surface area contributed by atoms with Crippen LogP contribution in [0.3, 0.4) is 0 Å². The molecule has 0 spiro atoms. The number of anilines is 1. The minimum absolute atomic E-state index is 0.328. The van der Waals surface area contributed by atoms with Gasteiger partial charge in [-0.1, -0.05) is 69.5 Å². The highest BCUT2D eigenvalue weighted by Crippen LogP contribution is 2.51. The van der Waals surface area contributed by atoms with E-state index in [1.165, 1.54) is 0 Å². The Labute approximate surface area is 202 Å². The number of nitrogens with zero attached hydrogens (tertiary/aromatic N) is 3. The molecule has 1 aromatic heterocycles. The highest BCUT2D eigenvalue weighted by molar-refractivity contribution is 9.10. The molecule has 0 unspecified atom stereocenters. The van der Waals surface area contributed by atoms with Crippen LogP contribution in [-0.4, -0.2) is 14.8 Å². The number of nitrogens with one attached hydrogen (secondary N) is 1. The van der Waals surface area contributed by atoms with Crippen molar-refractivity contribution in [3.8, 4) is 5.75 Å². The van der Waals surface area contributed by atoms with Gasteiger partial charge in [0.1, 0.15) is 24.2 Å². The van der Waals surface area contributed by atoms with Gasteiger partial charge >= 0.3 is 0 Å². The Morgan fingerprint density at radius 1 is 1.00 bits per heavy atom. The van der Waals surface area contributed by atoms with Crippen LogP contribution in [-0.2, 0) is 0 Å². The van der Waals surface area contributed by atoms with E-state index in [0.717, 1.165) is 38.2 Å². The van der Waals surface area contributed by atoms with Crippen LogP contribution < -0.4 is 10.1 Å². The fraction of sp³-hybridized carbons (Fsp3) is 0.0833. The fourth-order valence-corrected chi connectivity index (χ4v) is 5.31. The molecule has 32 heavy (non-hydrogen) atoms. The molecule has 2 aliphatic heterocycles. The van der Waals surface area contributed by atoms with Gasteiger partial charge in [0.25, 0.3) is 0 Å². The molecule has 2 aliphatic rings. The molecule has 0 radical (unpaired) electrons. The number of hydrogen-bond acceptors (Lipinski definition) is 4. The molecule has 4 aromatic rings. The third-order valence-electron chi connectivity index (χ3n) is 5.73. The van der Waals surface area contributed by atoms with Gasteiger partial charge in [-0.3, -0.25) is 0 Å². The summed E-state index contributed by atoms with van der Waals surface area (Å²) in [6.07, 6.45) is 1.18. The topological polar surface area (TPSA) is 52.0 Å². The lowest BCUT2D eigenvalue weighted by atomic mass is 9.84. The molecule has 3 heterocycles. The van der Waals surface area contributed by atoms with E-state index in [1.807, 2.05) is 53.2 Å². The molecule has 0 saturated carbocycles. The first-order chi connectivity index (χ1) is 15.6. The maximum absolute atomic E-state index is 6.71. The first-order valence-electron chi connectivity index (χ1n) is 9.97. The Morgan fingerprint density at radius 2 is 1.88 bits per heavy atom. The highest BCUT2D eigenvalue weighted by atomic mass is 79.9. The predicted molar refractivity (Wildman–Crippen MR) is 129 cm³/mol. The molecule has 8 heteroatoms. The second kappa shape index (κ2) is 7.66. The average molecular weight is 526 g/mol. The van der Waals surface area contributed by atoms with Gasteiger partial charge in [-0.25, -0.2) is 4.68 Å². The molecule has 0 bridgehead atoms. The maximum Gasteiger partial charge on any atom is 0.226 e. The van der Waals surface area contributed by atoms with Crippen molar-refractivity contribution < 1.29 is 4.74 Å². The summed E-state index contributed by atoms with van der Waals surface area (Å²) in [6, 6.07) is 21.3.